The van der Waals surface area contributed by atoms with Crippen LogP contribution in [0.25, 0.3) is 0 Å². The topological polar surface area (TPSA) is 77.1 Å². The van der Waals surface area contributed by atoms with E-state index in [4.69, 9.17) is 14.2 Å². The minimum absolute atomic E-state index is 0.0641. The molecule has 0 unspecified atom stereocenters. The number of carbonyl (C=O) groups is 2. The van der Waals surface area contributed by atoms with Gasteiger partial charge in [-0.15, -0.1) is 0 Å². The molecule has 1 N–H and O–H groups in total. The summed E-state index contributed by atoms with van der Waals surface area (Å²) in [6.07, 6.45) is 0.962. The van der Waals surface area contributed by atoms with Crippen LogP contribution in [0.4, 0.5) is 5.69 Å². The second kappa shape index (κ2) is 11.2. The van der Waals surface area contributed by atoms with Crippen LogP contribution in [0, 0.1) is 0 Å². The highest BCUT2D eigenvalue weighted by Crippen LogP contribution is 2.33. The van der Waals surface area contributed by atoms with Crippen molar-refractivity contribution in [3.05, 3.63) is 48.5 Å². The van der Waals surface area contributed by atoms with Gasteiger partial charge in [0.15, 0.2) is 17.6 Å². The van der Waals surface area contributed by atoms with Gasteiger partial charge >= 0.3 is 0 Å². The number of amides is 2. The van der Waals surface area contributed by atoms with E-state index in [1.807, 2.05) is 56.3 Å². The third-order valence-electron chi connectivity index (χ3n) is 4.86. The Balaban J connectivity index is 1.59. The predicted octanol–water partition coefficient (Wildman–Crippen LogP) is 3.56. The average molecular weight is 427 g/mol. The van der Waals surface area contributed by atoms with Crippen LogP contribution in [0.1, 0.15) is 33.1 Å². The van der Waals surface area contributed by atoms with Crippen LogP contribution in [0.5, 0.6) is 17.2 Å². The summed E-state index contributed by atoms with van der Waals surface area (Å²) in [6.45, 7) is 5.63. The summed E-state index contributed by atoms with van der Waals surface area (Å²) in [7, 11) is 0. The lowest BCUT2D eigenvalue weighted by Crippen LogP contribution is -2.50. The Kier molecular flexibility index (Phi) is 8.15. The second-order valence-electron chi connectivity index (χ2n) is 7.20. The molecule has 2 amide bonds. The zero-order chi connectivity index (χ0) is 22.1. The third-order valence-corrected chi connectivity index (χ3v) is 4.86. The fourth-order valence-corrected chi connectivity index (χ4v) is 3.35. The maximum Gasteiger partial charge on any atom is 0.262 e. The van der Waals surface area contributed by atoms with Gasteiger partial charge < -0.3 is 24.4 Å². The number of fused-ring (bicyclic) bond motifs is 1. The number of ether oxygens (including phenoxy) is 3. The van der Waals surface area contributed by atoms with E-state index in [2.05, 4.69) is 5.32 Å². The van der Waals surface area contributed by atoms with Crippen LogP contribution in [-0.4, -0.2) is 44.2 Å². The Bertz CT molecular complexity index is 886. The van der Waals surface area contributed by atoms with Gasteiger partial charge in [0.25, 0.3) is 5.91 Å². The lowest BCUT2D eigenvalue weighted by Gasteiger charge is -2.34. The Morgan fingerprint density at radius 1 is 1.06 bits per heavy atom. The van der Waals surface area contributed by atoms with E-state index in [9.17, 15) is 9.59 Å². The zero-order valence-electron chi connectivity index (χ0n) is 18.1. The monoisotopic (exact) mass is 426 g/mol. The summed E-state index contributed by atoms with van der Waals surface area (Å²) in [5.41, 5.74) is 0.689. The summed E-state index contributed by atoms with van der Waals surface area (Å²) < 4.78 is 17.2. The summed E-state index contributed by atoms with van der Waals surface area (Å²) in [6, 6.07) is 14.8. The fourth-order valence-electron chi connectivity index (χ4n) is 3.35. The number of carbonyl (C=O) groups excluding carboxylic acids is 2. The molecule has 1 atom stereocenters. The van der Waals surface area contributed by atoms with E-state index in [0.717, 1.165) is 6.42 Å². The predicted molar refractivity (Wildman–Crippen MR) is 119 cm³/mol. The largest absolute Gasteiger partial charge is 0.490 e. The van der Waals surface area contributed by atoms with Crippen LogP contribution in [0.3, 0.4) is 0 Å². The number of benzene rings is 2. The number of hydrogen-bond acceptors (Lipinski definition) is 5. The standard InChI is InChI=1S/C24H30N2O5/c1-3-15-25-24(28)22-17-26(18-10-5-6-11-19(18)31-22)23(27)14-9-16-30-21-13-8-7-12-20(21)29-4-2/h5-8,10-13,22H,3-4,9,14-17H2,1-2H3,(H,25,28)/t22-/m1/s1. The molecule has 0 aromatic heterocycles. The van der Waals surface area contributed by atoms with E-state index in [0.29, 0.717) is 55.5 Å². The maximum atomic E-state index is 13.0. The van der Waals surface area contributed by atoms with E-state index in [-0.39, 0.29) is 18.4 Å². The number of hydrogen-bond donors (Lipinski definition) is 1. The van der Waals surface area contributed by atoms with Crippen LogP contribution < -0.4 is 24.4 Å². The Labute approximate surface area is 183 Å². The number of rotatable bonds is 10. The molecule has 31 heavy (non-hydrogen) atoms. The molecule has 7 nitrogen and oxygen atoms in total. The molecule has 1 heterocycles. The van der Waals surface area contributed by atoms with Crippen molar-refractivity contribution >= 4 is 17.5 Å². The lowest BCUT2D eigenvalue weighted by atomic mass is 10.1. The SMILES string of the molecule is CCCNC(=O)[C@H]1CN(C(=O)CCCOc2ccccc2OCC)c2ccccc2O1. The van der Waals surface area contributed by atoms with Crippen LogP contribution in [0.15, 0.2) is 48.5 Å². The van der Waals surface area contributed by atoms with Crippen molar-refractivity contribution in [3.8, 4) is 17.2 Å². The van der Waals surface area contributed by atoms with Gasteiger partial charge in [0.2, 0.25) is 5.91 Å². The first-order valence-corrected chi connectivity index (χ1v) is 10.8. The molecule has 2 aromatic carbocycles. The molecule has 2 aromatic rings. The summed E-state index contributed by atoms with van der Waals surface area (Å²) in [5, 5.41) is 2.84. The Morgan fingerprint density at radius 2 is 1.77 bits per heavy atom. The highest BCUT2D eigenvalue weighted by molar-refractivity contribution is 5.97. The number of anilines is 1. The van der Waals surface area contributed by atoms with E-state index in [1.54, 1.807) is 11.0 Å². The van der Waals surface area contributed by atoms with Gasteiger partial charge in [-0.3, -0.25) is 9.59 Å². The number of nitrogens with one attached hydrogen (secondary N) is 1. The molecular weight excluding hydrogens is 396 g/mol. The van der Waals surface area contributed by atoms with Gasteiger partial charge in [-0.1, -0.05) is 31.2 Å². The molecule has 0 saturated carbocycles. The van der Waals surface area contributed by atoms with Crippen molar-refractivity contribution in [2.24, 2.45) is 0 Å². The highest BCUT2D eigenvalue weighted by Gasteiger charge is 2.33. The number of para-hydroxylation sites is 4. The molecule has 0 radical (unpaired) electrons. The van der Waals surface area contributed by atoms with Crippen molar-refractivity contribution < 1.29 is 23.8 Å². The highest BCUT2D eigenvalue weighted by atomic mass is 16.5. The van der Waals surface area contributed by atoms with Gasteiger partial charge in [0.1, 0.15) is 5.75 Å². The van der Waals surface area contributed by atoms with Crippen molar-refractivity contribution in [3.63, 3.8) is 0 Å². The summed E-state index contributed by atoms with van der Waals surface area (Å²) in [5.74, 6) is 1.64. The van der Waals surface area contributed by atoms with E-state index >= 15 is 0 Å². The normalized spacial score (nSPS) is 14.9. The van der Waals surface area contributed by atoms with Gasteiger partial charge in [-0.25, -0.2) is 0 Å². The second-order valence-corrected chi connectivity index (χ2v) is 7.20. The van der Waals surface area contributed by atoms with Crippen molar-refractivity contribution in [1.29, 1.82) is 0 Å². The molecule has 1 aliphatic heterocycles. The maximum absolute atomic E-state index is 13.0. The van der Waals surface area contributed by atoms with Crippen LogP contribution >= 0.6 is 0 Å². The third kappa shape index (κ3) is 5.90. The smallest absolute Gasteiger partial charge is 0.262 e. The first kappa shape index (κ1) is 22.5. The van der Waals surface area contributed by atoms with Crippen molar-refractivity contribution in [2.45, 2.75) is 39.2 Å². The molecule has 0 bridgehead atoms. The van der Waals surface area contributed by atoms with Gasteiger partial charge in [-0.2, -0.15) is 0 Å². The minimum Gasteiger partial charge on any atom is -0.490 e. The van der Waals surface area contributed by atoms with Crippen molar-refractivity contribution in [2.75, 3.05) is 31.2 Å². The molecule has 166 valence electrons. The fraction of sp³-hybridized carbons (Fsp3) is 0.417. The molecule has 0 fully saturated rings. The summed E-state index contributed by atoms with van der Waals surface area (Å²) >= 11 is 0. The lowest BCUT2D eigenvalue weighted by molar-refractivity contribution is -0.128. The molecule has 3 rings (SSSR count). The molecule has 1 aliphatic rings. The van der Waals surface area contributed by atoms with Crippen LogP contribution in [-0.2, 0) is 9.59 Å². The van der Waals surface area contributed by atoms with Crippen molar-refractivity contribution in [1.82, 2.24) is 5.32 Å². The van der Waals surface area contributed by atoms with Gasteiger partial charge in [0.05, 0.1) is 25.4 Å². The molecule has 0 spiro atoms. The zero-order valence-corrected chi connectivity index (χ0v) is 18.1. The quantitative estimate of drug-likeness (QED) is 0.588. The minimum atomic E-state index is -0.722. The first-order valence-electron chi connectivity index (χ1n) is 10.8. The molecule has 0 aliphatic carbocycles. The molecular formula is C24H30N2O5. The van der Waals surface area contributed by atoms with Gasteiger partial charge in [-0.05, 0) is 44.0 Å². The molecule has 7 heteroatoms. The van der Waals surface area contributed by atoms with E-state index in [1.165, 1.54) is 0 Å². The average Bonchev–Trinajstić information content (AvgIpc) is 2.80. The van der Waals surface area contributed by atoms with Crippen LogP contribution in [0.2, 0.25) is 0 Å². The van der Waals surface area contributed by atoms with E-state index < -0.39 is 6.10 Å². The number of nitrogens with zero attached hydrogens (tertiary/aromatic N) is 1. The summed E-state index contributed by atoms with van der Waals surface area (Å²) in [4.78, 5) is 27.1. The Morgan fingerprint density at radius 3 is 2.52 bits per heavy atom. The first-order chi connectivity index (χ1) is 15.1. The Hall–Kier alpha value is -3.22. The molecule has 0 saturated heterocycles. The van der Waals surface area contributed by atoms with Gasteiger partial charge in [0, 0.05) is 13.0 Å².